The number of hydrogen-bond donors (Lipinski definition) is 0. The number of alkyl halides is 2. The molecule has 1 aliphatic rings. The third-order valence-corrected chi connectivity index (χ3v) is 1.91. The highest BCUT2D eigenvalue weighted by Crippen LogP contribution is 2.36. The highest BCUT2D eigenvalue weighted by Gasteiger charge is 2.38. The van der Waals surface area contributed by atoms with E-state index in [-0.39, 0.29) is 11.5 Å². The smallest absolute Gasteiger partial charge is 0.433 e. The minimum absolute atomic E-state index is 0.0631. The molecule has 0 aromatic carbocycles. The number of aromatic nitrogens is 1. The van der Waals surface area contributed by atoms with E-state index in [1.54, 1.807) is 0 Å². The summed E-state index contributed by atoms with van der Waals surface area (Å²) in [5.41, 5.74) is 0.699. The molecule has 1 aliphatic heterocycles. The van der Waals surface area contributed by atoms with Crippen molar-refractivity contribution in [2.45, 2.75) is 19.5 Å². The summed E-state index contributed by atoms with van der Waals surface area (Å²) in [6, 6.07) is 1.47. The van der Waals surface area contributed by atoms with Gasteiger partial charge in [0.15, 0.2) is 18.1 Å². The van der Waals surface area contributed by atoms with Crippen LogP contribution in [0.25, 0.3) is 0 Å². The summed E-state index contributed by atoms with van der Waals surface area (Å²) in [6.07, 6.45) is -1.16. The standard InChI is InChI=1S/C9H9F2NO2/c1-2-6-3-7-8(4-12-6)13-5-9(10,11)14-7/h3-4H,2,5H2,1H3. The van der Waals surface area contributed by atoms with Crippen LogP contribution in [0.3, 0.4) is 0 Å². The second-order valence-corrected chi connectivity index (χ2v) is 3.00. The van der Waals surface area contributed by atoms with Gasteiger partial charge in [-0.2, -0.15) is 8.78 Å². The molecule has 5 heteroatoms. The van der Waals surface area contributed by atoms with Crippen LogP contribution in [0.1, 0.15) is 12.6 Å². The van der Waals surface area contributed by atoms with Crippen molar-refractivity contribution in [2.24, 2.45) is 0 Å². The van der Waals surface area contributed by atoms with Crippen molar-refractivity contribution in [3.8, 4) is 11.5 Å². The Kier molecular flexibility index (Phi) is 2.02. The molecule has 1 aromatic rings. The van der Waals surface area contributed by atoms with Gasteiger partial charge in [-0.15, -0.1) is 0 Å². The first-order valence-electron chi connectivity index (χ1n) is 4.29. The molecule has 0 atom stereocenters. The number of hydrogen-bond acceptors (Lipinski definition) is 3. The number of pyridine rings is 1. The van der Waals surface area contributed by atoms with Crippen molar-refractivity contribution < 1.29 is 18.3 Å². The lowest BCUT2D eigenvalue weighted by Gasteiger charge is -2.25. The van der Waals surface area contributed by atoms with Crippen LogP contribution < -0.4 is 9.47 Å². The summed E-state index contributed by atoms with van der Waals surface area (Å²) < 4.78 is 34.8. The van der Waals surface area contributed by atoms with E-state index >= 15 is 0 Å². The van der Waals surface area contributed by atoms with Crippen molar-refractivity contribution in [3.63, 3.8) is 0 Å². The topological polar surface area (TPSA) is 31.4 Å². The van der Waals surface area contributed by atoms with E-state index < -0.39 is 12.7 Å². The molecular weight excluding hydrogens is 192 g/mol. The minimum Gasteiger partial charge on any atom is -0.478 e. The zero-order valence-electron chi connectivity index (χ0n) is 7.59. The SMILES string of the molecule is CCc1cc2c(cn1)OCC(F)(F)O2. The fourth-order valence-corrected chi connectivity index (χ4v) is 1.20. The lowest BCUT2D eigenvalue weighted by Crippen LogP contribution is -2.36. The van der Waals surface area contributed by atoms with Crippen LogP contribution in [0.4, 0.5) is 8.78 Å². The second kappa shape index (κ2) is 3.08. The number of fused-ring (bicyclic) bond motifs is 1. The Bertz CT molecular complexity index is 355. The maximum absolute atomic E-state index is 12.8. The summed E-state index contributed by atoms with van der Waals surface area (Å²) in [7, 11) is 0. The van der Waals surface area contributed by atoms with Crippen LogP contribution >= 0.6 is 0 Å². The molecule has 0 saturated heterocycles. The average molecular weight is 201 g/mol. The molecule has 0 aliphatic carbocycles. The van der Waals surface area contributed by atoms with Crippen LogP contribution in [0.2, 0.25) is 0 Å². The first-order valence-corrected chi connectivity index (χ1v) is 4.29. The maximum Gasteiger partial charge on any atom is 0.433 e. The number of nitrogens with zero attached hydrogens (tertiary/aromatic N) is 1. The van der Waals surface area contributed by atoms with Gasteiger partial charge in [-0.25, -0.2) is 0 Å². The van der Waals surface area contributed by atoms with Gasteiger partial charge in [-0.05, 0) is 6.42 Å². The van der Waals surface area contributed by atoms with Crippen LogP contribution in [0.5, 0.6) is 11.5 Å². The Hall–Kier alpha value is -1.39. The highest BCUT2D eigenvalue weighted by atomic mass is 19.3. The maximum atomic E-state index is 12.8. The van der Waals surface area contributed by atoms with Crippen LogP contribution in [0, 0.1) is 0 Å². The first kappa shape index (κ1) is 9.18. The lowest BCUT2D eigenvalue weighted by molar-refractivity contribution is -0.208. The van der Waals surface area contributed by atoms with Crippen molar-refractivity contribution in [2.75, 3.05) is 6.61 Å². The number of rotatable bonds is 1. The van der Waals surface area contributed by atoms with Gasteiger partial charge in [0.05, 0.1) is 6.20 Å². The summed E-state index contributed by atoms with van der Waals surface area (Å²) in [5, 5.41) is 0. The highest BCUT2D eigenvalue weighted by molar-refractivity contribution is 5.40. The van der Waals surface area contributed by atoms with E-state index in [2.05, 4.69) is 9.72 Å². The van der Waals surface area contributed by atoms with Crippen molar-refractivity contribution >= 4 is 0 Å². The Morgan fingerprint density at radius 2 is 2.29 bits per heavy atom. The lowest BCUT2D eigenvalue weighted by atomic mass is 10.2. The molecule has 2 rings (SSSR count). The summed E-state index contributed by atoms with van der Waals surface area (Å²) >= 11 is 0. The minimum atomic E-state index is -3.24. The monoisotopic (exact) mass is 201 g/mol. The Morgan fingerprint density at radius 1 is 1.50 bits per heavy atom. The molecule has 0 unspecified atom stereocenters. The van der Waals surface area contributed by atoms with Crippen LogP contribution in [-0.4, -0.2) is 17.7 Å². The molecule has 76 valence electrons. The molecule has 14 heavy (non-hydrogen) atoms. The fourth-order valence-electron chi connectivity index (χ4n) is 1.20. The molecule has 0 fully saturated rings. The number of aryl methyl sites for hydroxylation is 1. The van der Waals surface area contributed by atoms with Gasteiger partial charge in [0.25, 0.3) is 0 Å². The van der Waals surface area contributed by atoms with E-state index in [9.17, 15) is 8.78 Å². The van der Waals surface area contributed by atoms with Gasteiger partial charge in [0.2, 0.25) is 0 Å². The largest absolute Gasteiger partial charge is 0.478 e. The summed E-state index contributed by atoms with van der Waals surface area (Å²) in [6.45, 7) is 1.13. The molecule has 3 nitrogen and oxygen atoms in total. The second-order valence-electron chi connectivity index (χ2n) is 3.00. The molecule has 0 amide bonds. The molecule has 0 spiro atoms. The van der Waals surface area contributed by atoms with Gasteiger partial charge < -0.3 is 9.47 Å². The average Bonchev–Trinajstić information content (AvgIpc) is 2.15. The normalized spacial score (nSPS) is 17.9. The zero-order valence-corrected chi connectivity index (χ0v) is 7.59. The van der Waals surface area contributed by atoms with Crippen molar-refractivity contribution in [1.82, 2.24) is 4.98 Å². The summed E-state index contributed by atoms with van der Waals surface area (Å²) in [5.74, 6) is 0.334. The molecule has 0 bridgehead atoms. The van der Waals surface area contributed by atoms with E-state index in [0.717, 1.165) is 0 Å². The molecule has 0 radical (unpaired) electrons. The molecule has 2 heterocycles. The van der Waals surface area contributed by atoms with E-state index in [1.807, 2.05) is 6.92 Å². The van der Waals surface area contributed by atoms with Crippen molar-refractivity contribution in [1.29, 1.82) is 0 Å². The third kappa shape index (κ3) is 1.62. The van der Waals surface area contributed by atoms with Crippen LogP contribution in [-0.2, 0) is 6.42 Å². The number of halogens is 2. The number of ether oxygens (including phenoxy) is 2. The Labute approximate surface area is 79.7 Å². The Morgan fingerprint density at radius 3 is 3.00 bits per heavy atom. The van der Waals surface area contributed by atoms with Crippen LogP contribution in [0.15, 0.2) is 12.3 Å². The Balaban J connectivity index is 2.34. The third-order valence-electron chi connectivity index (χ3n) is 1.91. The van der Waals surface area contributed by atoms with Gasteiger partial charge in [0, 0.05) is 11.8 Å². The zero-order chi connectivity index (χ0) is 10.2. The molecular formula is C9H9F2NO2. The summed E-state index contributed by atoms with van der Waals surface area (Å²) in [4.78, 5) is 4.01. The van der Waals surface area contributed by atoms with Crippen molar-refractivity contribution in [3.05, 3.63) is 18.0 Å². The van der Waals surface area contributed by atoms with E-state index in [1.165, 1.54) is 12.3 Å². The van der Waals surface area contributed by atoms with Gasteiger partial charge in [0.1, 0.15) is 0 Å². The predicted molar refractivity (Wildman–Crippen MR) is 44.7 cm³/mol. The predicted octanol–water partition coefficient (Wildman–Crippen LogP) is 2.01. The quantitative estimate of drug-likeness (QED) is 0.696. The molecule has 1 aromatic heterocycles. The molecule has 0 N–H and O–H groups in total. The fraction of sp³-hybridized carbons (Fsp3) is 0.444. The first-order chi connectivity index (χ1) is 6.61. The van der Waals surface area contributed by atoms with Gasteiger partial charge >= 0.3 is 6.11 Å². The van der Waals surface area contributed by atoms with E-state index in [0.29, 0.717) is 12.1 Å². The van der Waals surface area contributed by atoms with E-state index in [4.69, 9.17) is 4.74 Å². The van der Waals surface area contributed by atoms with Gasteiger partial charge in [-0.1, -0.05) is 6.92 Å². The molecule has 0 saturated carbocycles. The van der Waals surface area contributed by atoms with Gasteiger partial charge in [-0.3, -0.25) is 4.98 Å².